The molecular formula is C30H29N. The highest BCUT2D eigenvalue weighted by atomic mass is 14.9. The Morgan fingerprint density at radius 2 is 1.32 bits per heavy atom. The first kappa shape index (κ1) is 18.7. The summed E-state index contributed by atoms with van der Waals surface area (Å²) in [6.07, 6.45) is 6.99. The maximum Gasteiger partial charge on any atom is 0.0387 e. The molecule has 0 aliphatic heterocycles. The topological polar surface area (TPSA) is 12.0 Å². The van der Waals surface area contributed by atoms with E-state index in [1.165, 1.54) is 51.1 Å². The maximum absolute atomic E-state index is 3.71. The van der Waals surface area contributed by atoms with Crippen LogP contribution in [0, 0.1) is 0 Å². The van der Waals surface area contributed by atoms with E-state index in [9.17, 15) is 0 Å². The first-order valence-electron chi connectivity index (χ1n) is 11.4. The highest BCUT2D eigenvalue weighted by Gasteiger charge is 2.38. The lowest BCUT2D eigenvalue weighted by atomic mass is 9.78. The van der Waals surface area contributed by atoms with E-state index in [-0.39, 0.29) is 10.8 Å². The van der Waals surface area contributed by atoms with Gasteiger partial charge in [-0.25, -0.2) is 0 Å². The molecule has 1 nitrogen and oxygen atoms in total. The lowest BCUT2D eigenvalue weighted by Gasteiger charge is -2.26. The highest BCUT2D eigenvalue weighted by molar-refractivity contribution is 5.88. The average Bonchev–Trinajstić information content (AvgIpc) is 3.14. The molecule has 0 saturated carbocycles. The molecule has 0 fully saturated rings. The monoisotopic (exact) mass is 403 g/mol. The van der Waals surface area contributed by atoms with Crippen LogP contribution in [0.4, 0.5) is 11.4 Å². The first-order chi connectivity index (χ1) is 14.9. The Morgan fingerprint density at radius 1 is 0.677 bits per heavy atom. The molecule has 0 unspecified atom stereocenters. The lowest BCUT2D eigenvalue weighted by Crippen LogP contribution is -2.18. The van der Waals surface area contributed by atoms with Gasteiger partial charge in [0.15, 0.2) is 0 Å². The Morgan fingerprint density at radius 3 is 2.10 bits per heavy atom. The maximum atomic E-state index is 3.71. The first-order valence-corrected chi connectivity index (χ1v) is 11.4. The van der Waals surface area contributed by atoms with Crippen molar-refractivity contribution in [2.45, 2.75) is 51.4 Å². The van der Waals surface area contributed by atoms with Crippen LogP contribution >= 0.6 is 0 Å². The summed E-state index contributed by atoms with van der Waals surface area (Å²) in [5.41, 5.74) is 13.9. The molecule has 0 bridgehead atoms. The summed E-state index contributed by atoms with van der Waals surface area (Å²) in [6.45, 7) is 9.44. The molecule has 0 radical (unpaired) electrons. The molecule has 3 aromatic rings. The minimum Gasteiger partial charge on any atom is -0.356 e. The highest BCUT2D eigenvalue weighted by Crippen LogP contribution is 2.51. The van der Waals surface area contributed by atoms with Crippen molar-refractivity contribution in [3.05, 3.63) is 101 Å². The van der Waals surface area contributed by atoms with Gasteiger partial charge in [-0.05, 0) is 76.1 Å². The van der Waals surface area contributed by atoms with Gasteiger partial charge in [0.05, 0.1) is 0 Å². The van der Waals surface area contributed by atoms with Crippen LogP contribution < -0.4 is 5.32 Å². The largest absolute Gasteiger partial charge is 0.356 e. The SMILES string of the molecule is CC1(C)C2=C(C=CCC2)c2ccc(Nc3ccc4c(c3)C(C)(C)c3ccccc3-4)cc21. The Labute approximate surface area is 185 Å². The number of hydrogen-bond acceptors (Lipinski definition) is 1. The molecule has 0 aromatic heterocycles. The van der Waals surface area contributed by atoms with Gasteiger partial charge < -0.3 is 5.32 Å². The molecule has 0 atom stereocenters. The molecule has 0 heterocycles. The van der Waals surface area contributed by atoms with Crippen LogP contribution in [-0.4, -0.2) is 0 Å². The number of allylic oxidation sites excluding steroid dienone is 4. The number of rotatable bonds is 2. The third-order valence-electron chi connectivity index (χ3n) is 7.78. The molecule has 6 rings (SSSR count). The van der Waals surface area contributed by atoms with E-state index in [1.807, 2.05) is 0 Å². The zero-order valence-corrected chi connectivity index (χ0v) is 18.8. The molecule has 31 heavy (non-hydrogen) atoms. The summed E-state index contributed by atoms with van der Waals surface area (Å²) in [5.74, 6) is 0. The van der Waals surface area contributed by atoms with Crippen LogP contribution in [0.3, 0.4) is 0 Å². The van der Waals surface area contributed by atoms with Crippen LogP contribution in [0.15, 0.2) is 78.4 Å². The molecule has 0 amide bonds. The van der Waals surface area contributed by atoms with Crippen LogP contribution in [0.25, 0.3) is 16.7 Å². The minimum atomic E-state index is 0.0266. The Hall–Kier alpha value is -3.06. The van der Waals surface area contributed by atoms with Gasteiger partial charge in [0.25, 0.3) is 0 Å². The van der Waals surface area contributed by atoms with E-state index in [0.29, 0.717) is 0 Å². The Balaban J connectivity index is 1.37. The van der Waals surface area contributed by atoms with Gasteiger partial charge in [0.2, 0.25) is 0 Å². The number of nitrogens with one attached hydrogen (secondary N) is 1. The number of fused-ring (bicyclic) bond motifs is 5. The predicted octanol–water partition coefficient (Wildman–Crippen LogP) is 8.13. The Bertz CT molecular complexity index is 1300. The fourth-order valence-corrected chi connectivity index (χ4v) is 6.05. The van der Waals surface area contributed by atoms with Crippen molar-refractivity contribution < 1.29 is 0 Å². The smallest absolute Gasteiger partial charge is 0.0387 e. The van der Waals surface area contributed by atoms with E-state index < -0.39 is 0 Å². The van der Waals surface area contributed by atoms with Crippen molar-refractivity contribution >= 4 is 16.9 Å². The summed E-state index contributed by atoms with van der Waals surface area (Å²) in [5, 5.41) is 3.71. The zero-order valence-electron chi connectivity index (χ0n) is 18.8. The number of anilines is 2. The lowest BCUT2D eigenvalue weighted by molar-refractivity contribution is 0.607. The third kappa shape index (κ3) is 2.56. The second kappa shape index (κ2) is 6.23. The van der Waals surface area contributed by atoms with Crippen molar-refractivity contribution in [3.8, 4) is 11.1 Å². The number of hydrogen-bond donors (Lipinski definition) is 1. The quantitative estimate of drug-likeness (QED) is 0.455. The summed E-state index contributed by atoms with van der Waals surface area (Å²) >= 11 is 0. The predicted molar refractivity (Wildman–Crippen MR) is 132 cm³/mol. The van der Waals surface area contributed by atoms with Crippen molar-refractivity contribution in [1.29, 1.82) is 0 Å². The summed E-state index contributed by atoms with van der Waals surface area (Å²) in [7, 11) is 0. The molecule has 3 aliphatic carbocycles. The number of benzene rings is 3. The van der Waals surface area contributed by atoms with E-state index in [0.717, 1.165) is 12.1 Å². The van der Waals surface area contributed by atoms with Gasteiger partial charge in [-0.2, -0.15) is 0 Å². The average molecular weight is 404 g/mol. The second-order valence-corrected chi connectivity index (χ2v) is 10.3. The van der Waals surface area contributed by atoms with E-state index in [2.05, 4.69) is 106 Å². The standard InChI is InChI=1S/C30H29N/c1-29(2)25-11-7-5-9-21(25)23-15-13-19(17-27(23)29)31-20-14-16-24-22-10-6-8-12-26(22)30(3,4)28(24)18-20/h5-7,9-11,13-18,31H,8,12H2,1-4H3. The van der Waals surface area contributed by atoms with Gasteiger partial charge in [-0.1, -0.05) is 81.8 Å². The molecule has 0 spiro atoms. The molecular weight excluding hydrogens is 374 g/mol. The van der Waals surface area contributed by atoms with Crippen LogP contribution in [-0.2, 0) is 10.8 Å². The van der Waals surface area contributed by atoms with Crippen LogP contribution in [0.2, 0.25) is 0 Å². The van der Waals surface area contributed by atoms with Gasteiger partial charge in [-0.3, -0.25) is 0 Å². The fourth-order valence-electron chi connectivity index (χ4n) is 6.05. The van der Waals surface area contributed by atoms with Gasteiger partial charge >= 0.3 is 0 Å². The van der Waals surface area contributed by atoms with Crippen LogP contribution in [0.1, 0.15) is 62.8 Å². The second-order valence-electron chi connectivity index (χ2n) is 10.3. The van der Waals surface area contributed by atoms with E-state index in [1.54, 1.807) is 5.57 Å². The molecule has 0 saturated heterocycles. The van der Waals surface area contributed by atoms with E-state index >= 15 is 0 Å². The van der Waals surface area contributed by atoms with Crippen molar-refractivity contribution in [2.75, 3.05) is 5.32 Å². The summed E-state index contributed by atoms with van der Waals surface area (Å²) in [6, 6.07) is 22.6. The molecule has 154 valence electrons. The van der Waals surface area contributed by atoms with Gasteiger partial charge in [0, 0.05) is 22.2 Å². The summed E-state index contributed by atoms with van der Waals surface area (Å²) in [4.78, 5) is 0. The van der Waals surface area contributed by atoms with Crippen molar-refractivity contribution in [2.24, 2.45) is 0 Å². The van der Waals surface area contributed by atoms with Crippen molar-refractivity contribution in [1.82, 2.24) is 0 Å². The molecule has 3 aliphatic rings. The van der Waals surface area contributed by atoms with Crippen LogP contribution in [0.5, 0.6) is 0 Å². The minimum absolute atomic E-state index is 0.0266. The van der Waals surface area contributed by atoms with Crippen molar-refractivity contribution in [3.63, 3.8) is 0 Å². The van der Waals surface area contributed by atoms with Gasteiger partial charge in [-0.15, -0.1) is 0 Å². The zero-order chi connectivity index (χ0) is 21.4. The third-order valence-corrected chi connectivity index (χ3v) is 7.78. The van der Waals surface area contributed by atoms with E-state index in [4.69, 9.17) is 0 Å². The molecule has 1 heteroatoms. The summed E-state index contributed by atoms with van der Waals surface area (Å²) < 4.78 is 0. The van der Waals surface area contributed by atoms with Gasteiger partial charge in [0.1, 0.15) is 0 Å². The normalized spacial score (nSPS) is 19.0. The Kier molecular flexibility index (Phi) is 3.76. The molecule has 1 N–H and O–H groups in total. The fraction of sp³-hybridized carbons (Fsp3) is 0.267. The molecule has 3 aromatic carbocycles.